The number of hydrogen-bond donors (Lipinski definition) is 2. The van der Waals surface area contributed by atoms with Crippen LogP contribution in [0.4, 0.5) is 0 Å². The Labute approximate surface area is 119 Å². The van der Waals surface area contributed by atoms with Crippen LogP contribution in [-0.2, 0) is 6.54 Å². The molecule has 20 heavy (non-hydrogen) atoms. The van der Waals surface area contributed by atoms with Crippen molar-refractivity contribution in [3.63, 3.8) is 0 Å². The third-order valence-corrected chi connectivity index (χ3v) is 4.45. The Morgan fingerprint density at radius 3 is 3.05 bits per heavy atom. The highest BCUT2D eigenvalue weighted by Gasteiger charge is 2.22. The summed E-state index contributed by atoms with van der Waals surface area (Å²) >= 11 is 0. The van der Waals surface area contributed by atoms with Crippen LogP contribution in [0.1, 0.15) is 37.7 Å². The topological polar surface area (TPSA) is 49.6 Å². The third-order valence-electron chi connectivity index (χ3n) is 4.45. The van der Waals surface area contributed by atoms with E-state index >= 15 is 0 Å². The van der Waals surface area contributed by atoms with Gasteiger partial charge in [-0.25, -0.2) is 4.52 Å². The summed E-state index contributed by atoms with van der Waals surface area (Å²) in [5.74, 6) is 0.402. The van der Waals surface area contributed by atoms with Gasteiger partial charge in [0, 0.05) is 31.0 Å². The van der Waals surface area contributed by atoms with Crippen LogP contribution in [0.25, 0.3) is 5.52 Å². The van der Waals surface area contributed by atoms with Crippen molar-refractivity contribution in [3.8, 4) is 0 Å². The van der Waals surface area contributed by atoms with Gasteiger partial charge in [0.15, 0.2) is 0 Å². The van der Waals surface area contributed by atoms with Crippen molar-refractivity contribution in [2.75, 3.05) is 6.61 Å². The number of aliphatic hydroxyl groups excluding tert-OH is 1. The van der Waals surface area contributed by atoms with Crippen molar-refractivity contribution < 1.29 is 5.11 Å². The summed E-state index contributed by atoms with van der Waals surface area (Å²) in [7, 11) is 0. The quantitative estimate of drug-likeness (QED) is 0.841. The van der Waals surface area contributed by atoms with Gasteiger partial charge < -0.3 is 10.4 Å². The first-order chi connectivity index (χ1) is 9.88. The van der Waals surface area contributed by atoms with E-state index < -0.39 is 0 Å². The number of fused-ring (bicyclic) bond motifs is 1. The fourth-order valence-corrected chi connectivity index (χ4v) is 3.24. The molecule has 0 aliphatic heterocycles. The fourth-order valence-electron chi connectivity index (χ4n) is 3.24. The molecule has 2 N–H and O–H groups in total. The van der Waals surface area contributed by atoms with Gasteiger partial charge >= 0.3 is 0 Å². The number of hydrogen-bond acceptors (Lipinski definition) is 3. The molecule has 3 rings (SSSR count). The van der Waals surface area contributed by atoms with Gasteiger partial charge in [0.1, 0.15) is 0 Å². The number of nitrogens with one attached hydrogen (secondary N) is 1. The Balaban J connectivity index is 1.68. The Morgan fingerprint density at radius 2 is 2.15 bits per heavy atom. The van der Waals surface area contributed by atoms with E-state index in [0.717, 1.165) is 18.5 Å². The van der Waals surface area contributed by atoms with Crippen LogP contribution in [0, 0.1) is 5.92 Å². The van der Waals surface area contributed by atoms with E-state index in [-0.39, 0.29) is 0 Å². The molecule has 2 atom stereocenters. The van der Waals surface area contributed by atoms with Crippen LogP contribution < -0.4 is 5.32 Å². The monoisotopic (exact) mass is 273 g/mol. The lowest BCUT2D eigenvalue weighted by molar-refractivity contribution is 0.181. The fraction of sp³-hybridized carbons (Fsp3) is 0.562. The van der Waals surface area contributed by atoms with Gasteiger partial charge in [-0.3, -0.25) is 0 Å². The zero-order chi connectivity index (χ0) is 13.8. The maximum atomic E-state index is 9.56. The maximum absolute atomic E-state index is 9.56. The summed E-state index contributed by atoms with van der Waals surface area (Å²) in [6.07, 6.45) is 10.0. The first-order valence-electron chi connectivity index (χ1n) is 7.64. The van der Waals surface area contributed by atoms with E-state index in [9.17, 15) is 5.11 Å². The lowest BCUT2D eigenvalue weighted by Gasteiger charge is -2.24. The number of nitrogens with zero attached hydrogens (tertiary/aromatic N) is 2. The molecule has 108 valence electrons. The normalized spacial score (nSPS) is 23.9. The standard InChI is InChI=1S/C16H23N3O/c20-12-13-6-2-1-3-7-15(13)17-10-14-11-18-19-9-5-4-8-16(14)19/h4-5,8-9,11,13,15,17,20H,1-3,6-7,10,12H2/t13-,15+/m0/s1. The molecule has 2 heterocycles. The van der Waals surface area contributed by atoms with Crippen molar-refractivity contribution in [2.24, 2.45) is 5.92 Å². The van der Waals surface area contributed by atoms with Gasteiger partial charge in [-0.1, -0.05) is 25.3 Å². The summed E-state index contributed by atoms with van der Waals surface area (Å²) in [4.78, 5) is 0. The second-order valence-corrected chi connectivity index (χ2v) is 5.77. The molecule has 1 fully saturated rings. The summed E-state index contributed by atoms with van der Waals surface area (Å²) < 4.78 is 1.91. The van der Waals surface area contributed by atoms with Gasteiger partial charge in [0.25, 0.3) is 0 Å². The highest BCUT2D eigenvalue weighted by molar-refractivity contribution is 5.53. The van der Waals surface area contributed by atoms with Crippen LogP contribution in [0.5, 0.6) is 0 Å². The molecule has 0 radical (unpaired) electrons. The molecule has 1 aliphatic carbocycles. The zero-order valence-electron chi connectivity index (χ0n) is 11.8. The Kier molecular flexibility index (Phi) is 4.33. The van der Waals surface area contributed by atoms with Crippen molar-refractivity contribution in [1.29, 1.82) is 0 Å². The Bertz CT molecular complexity index is 551. The molecule has 0 bridgehead atoms. The molecule has 4 nitrogen and oxygen atoms in total. The third kappa shape index (κ3) is 2.86. The Morgan fingerprint density at radius 1 is 1.25 bits per heavy atom. The smallest absolute Gasteiger partial charge is 0.0706 e. The summed E-state index contributed by atoms with van der Waals surface area (Å²) in [6.45, 7) is 1.13. The number of aliphatic hydroxyl groups is 1. The van der Waals surface area contributed by atoms with E-state index in [1.54, 1.807) is 0 Å². The predicted molar refractivity (Wildman–Crippen MR) is 79.5 cm³/mol. The van der Waals surface area contributed by atoms with Gasteiger partial charge in [-0.2, -0.15) is 5.10 Å². The highest BCUT2D eigenvalue weighted by Crippen LogP contribution is 2.23. The van der Waals surface area contributed by atoms with E-state index in [1.807, 2.05) is 29.0 Å². The lowest BCUT2D eigenvalue weighted by Crippen LogP contribution is -2.36. The minimum Gasteiger partial charge on any atom is -0.396 e. The first kappa shape index (κ1) is 13.6. The van der Waals surface area contributed by atoms with E-state index in [4.69, 9.17) is 0 Å². The average Bonchev–Trinajstić information content (AvgIpc) is 2.76. The average molecular weight is 273 g/mol. The van der Waals surface area contributed by atoms with Gasteiger partial charge in [-0.05, 0) is 30.9 Å². The van der Waals surface area contributed by atoms with Gasteiger partial charge in [-0.15, -0.1) is 0 Å². The van der Waals surface area contributed by atoms with Gasteiger partial charge in [0.2, 0.25) is 0 Å². The second-order valence-electron chi connectivity index (χ2n) is 5.77. The van der Waals surface area contributed by atoms with Crippen LogP contribution in [0.15, 0.2) is 30.6 Å². The predicted octanol–water partition coefficient (Wildman–Crippen LogP) is 2.37. The number of aromatic nitrogens is 2. The molecule has 0 aromatic carbocycles. The second kappa shape index (κ2) is 6.37. The van der Waals surface area contributed by atoms with Crippen molar-refractivity contribution in [3.05, 3.63) is 36.2 Å². The molecule has 0 amide bonds. The molecule has 0 saturated heterocycles. The molecule has 0 spiro atoms. The SMILES string of the molecule is OC[C@@H]1CCCCC[C@H]1NCc1cnn2ccccc12. The van der Waals surface area contributed by atoms with E-state index in [0.29, 0.717) is 18.6 Å². The van der Waals surface area contributed by atoms with E-state index in [2.05, 4.69) is 16.5 Å². The molecule has 2 aromatic rings. The molecular weight excluding hydrogens is 250 g/mol. The summed E-state index contributed by atoms with van der Waals surface area (Å²) in [6, 6.07) is 6.56. The molecule has 4 heteroatoms. The lowest BCUT2D eigenvalue weighted by atomic mass is 9.95. The zero-order valence-corrected chi connectivity index (χ0v) is 11.8. The first-order valence-corrected chi connectivity index (χ1v) is 7.64. The van der Waals surface area contributed by atoms with E-state index in [1.165, 1.54) is 31.2 Å². The van der Waals surface area contributed by atoms with Crippen LogP contribution in [0.3, 0.4) is 0 Å². The summed E-state index contributed by atoms with van der Waals surface area (Å²) in [5, 5.41) is 17.6. The minimum absolute atomic E-state index is 0.298. The molecule has 1 saturated carbocycles. The van der Waals surface area contributed by atoms with Crippen LogP contribution in [-0.4, -0.2) is 27.4 Å². The largest absolute Gasteiger partial charge is 0.396 e. The Hall–Kier alpha value is -1.39. The molecular formula is C16H23N3O. The van der Waals surface area contributed by atoms with Gasteiger partial charge in [0.05, 0.1) is 11.7 Å². The maximum Gasteiger partial charge on any atom is 0.0706 e. The van der Waals surface area contributed by atoms with Crippen molar-refractivity contribution >= 4 is 5.52 Å². The summed E-state index contributed by atoms with van der Waals surface area (Å²) in [5.41, 5.74) is 2.39. The molecule has 2 aromatic heterocycles. The van der Waals surface area contributed by atoms with Crippen molar-refractivity contribution in [1.82, 2.24) is 14.9 Å². The minimum atomic E-state index is 0.298. The van der Waals surface area contributed by atoms with Crippen LogP contribution in [0.2, 0.25) is 0 Å². The van der Waals surface area contributed by atoms with Crippen molar-refractivity contribution in [2.45, 2.75) is 44.7 Å². The number of rotatable bonds is 4. The van der Waals surface area contributed by atoms with Crippen LogP contribution >= 0.6 is 0 Å². The molecule has 1 aliphatic rings. The number of pyridine rings is 1. The highest BCUT2D eigenvalue weighted by atomic mass is 16.3. The molecule has 0 unspecified atom stereocenters.